The first-order chi connectivity index (χ1) is 6.13. The number of hydrogen-bond donors (Lipinski definition) is 0. The highest BCUT2D eigenvalue weighted by molar-refractivity contribution is 5.78. The van der Waals surface area contributed by atoms with Gasteiger partial charge in [0.2, 0.25) is 5.91 Å². The van der Waals surface area contributed by atoms with Crippen LogP contribution in [0.25, 0.3) is 0 Å². The van der Waals surface area contributed by atoms with Gasteiger partial charge in [-0.15, -0.1) is 0 Å². The molecule has 0 saturated carbocycles. The van der Waals surface area contributed by atoms with E-state index in [0.717, 1.165) is 13.1 Å². The summed E-state index contributed by atoms with van der Waals surface area (Å²) in [6, 6.07) is 0. The maximum absolute atomic E-state index is 11.3. The Labute approximate surface area is 77.9 Å². The molecule has 1 heterocycles. The molecular weight excluding hydrogens is 170 g/mol. The second-order valence-electron chi connectivity index (χ2n) is 3.27. The van der Waals surface area contributed by atoms with E-state index in [-0.39, 0.29) is 12.1 Å². The van der Waals surface area contributed by atoms with Gasteiger partial charge in [-0.3, -0.25) is 4.79 Å². The van der Waals surface area contributed by atoms with E-state index in [4.69, 9.17) is 9.59 Å². The zero-order valence-electron chi connectivity index (χ0n) is 8.08. The molecule has 0 aromatic carbocycles. The monoisotopic (exact) mass is 185 g/mol. The molecule has 0 radical (unpaired) electrons. The van der Waals surface area contributed by atoms with Gasteiger partial charge >= 0.3 is 6.15 Å². The Balaban J connectivity index is 0.000000424. The predicted molar refractivity (Wildman–Crippen MR) is 45.7 cm³/mol. The van der Waals surface area contributed by atoms with Gasteiger partial charge in [-0.25, -0.2) is 0 Å². The lowest BCUT2D eigenvalue weighted by Crippen LogP contribution is -2.31. The van der Waals surface area contributed by atoms with Crippen LogP contribution >= 0.6 is 0 Å². The molecule has 0 aromatic heterocycles. The molecule has 0 bridgehead atoms. The highest BCUT2D eigenvalue weighted by atomic mass is 16.2. The third-order valence-electron chi connectivity index (χ3n) is 1.91. The zero-order valence-corrected chi connectivity index (χ0v) is 8.08. The smallest absolute Gasteiger partial charge is 0.342 e. The van der Waals surface area contributed by atoms with E-state index in [1.807, 2.05) is 18.7 Å². The van der Waals surface area contributed by atoms with Crippen LogP contribution in [0.3, 0.4) is 0 Å². The summed E-state index contributed by atoms with van der Waals surface area (Å²) < 4.78 is 0. The fourth-order valence-corrected chi connectivity index (χ4v) is 1.30. The summed E-state index contributed by atoms with van der Waals surface area (Å²) >= 11 is 0. The topological polar surface area (TPSA) is 54.5 Å². The largest absolute Gasteiger partial charge is 0.373 e. The van der Waals surface area contributed by atoms with Gasteiger partial charge in [-0.05, 0) is 12.8 Å². The van der Waals surface area contributed by atoms with E-state index in [1.54, 1.807) is 0 Å². The molecule has 0 aliphatic carbocycles. The SMILES string of the molecule is CC(C)C(=O)N1CCCC1.O=C=O. The molecule has 1 aliphatic heterocycles. The molecule has 0 N–H and O–H groups in total. The average molecular weight is 185 g/mol. The first-order valence-electron chi connectivity index (χ1n) is 4.41. The molecular formula is C9H15NO3. The first-order valence-corrected chi connectivity index (χ1v) is 4.41. The van der Waals surface area contributed by atoms with Crippen LogP contribution in [0, 0.1) is 5.92 Å². The number of rotatable bonds is 1. The van der Waals surface area contributed by atoms with Crippen LogP contribution in [0.2, 0.25) is 0 Å². The molecule has 4 nitrogen and oxygen atoms in total. The van der Waals surface area contributed by atoms with E-state index < -0.39 is 0 Å². The summed E-state index contributed by atoms with van der Waals surface area (Å²) in [5, 5.41) is 0. The lowest BCUT2D eigenvalue weighted by Gasteiger charge is -2.17. The van der Waals surface area contributed by atoms with E-state index in [0.29, 0.717) is 5.91 Å². The number of carbonyl (C=O) groups excluding carboxylic acids is 3. The van der Waals surface area contributed by atoms with Crippen molar-refractivity contribution in [2.24, 2.45) is 5.92 Å². The second-order valence-corrected chi connectivity index (χ2v) is 3.27. The zero-order chi connectivity index (χ0) is 10.3. The third kappa shape index (κ3) is 4.43. The van der Waals surface area contributed by atoms with Crippen LogP contribution in [0.15, 0.2) is 0 Å². The number of hydrogen-bond acceptors (Lipinski definition) is 3. The van der Waals surface area contributed by atoms with Gasteiger partial charge in [-0.1, -0.05) is 13.8 Å². The molecule has 1 aliphatic rings. The lowest BCUT2D eigenvalue weighted by molar-refractivity contribution is -0.191. The van der Waals surface area contributed by atoms with Gasteiger partial charge in [0.25, 0.3) is 0 Å². The summed E-state index contributed by atoms with van der Waals surface area (Å²) in [7, 11) is 0. The van der Waals surface area contributed by atoms with Gasteiger partial charge in [0.1, 0.15) is 0 Å². The van der Waals surface area contributed by atoms with Crippen molar-refractivity contribution in [3.63, 3.8) is 0 Å². The van der Waals surface area contributed by atoms with Crippen molar-refractivity contribution in [2.75, 3.05) is 13.1 Å². The third-order valence-corrected chi connectivity index (χ3v) is 1.91. The minimum atomic E-state index is 0.179. The van der Waals surface area contributed by atoms with Crippen molar-refractivity contribution in [1.29, 1.82) is 0 Å². The molecule has 1 fully saturated rings. The van der Waals surface area contributed by atoms with Crippen LogP contribution in [-0.2, 0) is 14.4 Å². The summed E-state index contributed by atoms with van der Waals surface area (Å²) in [6.07, 6.45) is 2.64. The van der Waals surface area contributed by atoms with Crippen LogP contribution in [-0.4, -0.2) is 30.0 Å². The van der Waals surface area contributed by atoms with Gasteiger partial charge in [0.05, 0.1) is 0 Å². The molecule has 4 heteroatoms. The minimum Gasteiger partial charge on any atom is -0.342 e. The fourth-order valence-electron chi connectivity index (χ4n) is 1.30. The summed E-state index contributed by atoms with van der Waals surface area (Å²) in [5.41, 5.74) is 0. The van der Waals surface area contributed by atoms with Crippen molar-refractivity contribution in [2.45, 2.75) is 26.7 Å². The van der Waals surface area contributed by atoms with E-state index in [9.17, 15) is 4.79 Å². The van der Waals surface area contributed by atoms with Gasteiger partial charge < -0.3 is 4.90 Å². The van der Waals surface area contributed by atoms with Crippen molar-refractivity contribution < 1.29 is 14.4 Å². The van der Waals surface area contributed by atoms with Crippen molar-refractivity contribution in [3.05, 3.63) is 0 Å². The van der Waals surface area contributed by atoms with E-state index in [1.165, 1.54) is 12.8 Å². The molecule has 13 heavy (non-hydrogen) atoms. The molecule has 1 saturated heterocycles. The molecule has 0 unspecified atom stereocenters. The highest BCUT2D eigenvalue weighted by Crippen LogP contribution is 2.10. The molecule has 74 valence electrons. The van der Waals surface area contributed by atoms with Gasteiger partial charge in [0.15, 0.2) is 0 Å². The van der Waals surface area contributed by atoms with E-state index in [2.05, 4.69) is 0 Å². The highest BCUT2D eigenvalue weighted by Gasteiger charge is 2.19. The molecule has 0 aromatic rings. The average Bonchev–Trinajstić information content (AvgIpc) is 2.56. The Morgan fingerprint density at radius 1 is 1.23 bits per heavy atom. The minimum absolute atomic E-state index is 0.179. The van der Waals surface area contributed by atoms with Crippen LogP contribution in [0.5, 0.6) is 0 Å². The maximum Gasteiger partial charge on any atom is 0.373 e. The molecule has 0 atom stereocenters. The molecule has 1 rings (SSSR count). The number of carbonyl (C=O) groups is 1. The van der Waals surface area contributed by atoms with E-state index >= 15 is 0 Å². The van der Waals surface area contributed by atoms with Crippen LogP contribution < -0.4 is 0 Å². The Kier molecular flexibility index (Phi) is 5.81. The van der Waals surface area contributed by atoms with Crippen molar-refractivity contribution >= 4 is 12.1 Å². The number of amides is 1. The maximum atomic E-state index is 11.3. The molecule has 0 spiro atoms. The molecule has 1 amide bonds. The van der Waals surface area contributed by atoms with Crippen molar-refractivity contribution in [1.82, 2.24) is 4.90 Å². The predicted octanol–water partition coefficient (Wildman–Crippen LogP) is 0.681. The standard InChI is InChI=1S/C8H15NO.CO2/c1-7(2)8(10)9-5-3-4-6-9;2-1-3/h7H,3-6H2,1-2H3;. The quantitative estimate of drug-likeness (QED) is 0.603. The lowest BCUT2D eigenvalue weighted by atomic mass is 10.2. The fraction of sp³-hybridized carbons (Fsp3) is 0.778. The second kappa shape index (κ2) is 6.38. The number of likely N-dealkylation sites (tertiary alicyclic amines) is 1. The van der Waals surface area contributed by atoms with Crippen LogP contribution in [0.4, 0.5) is 0 Å². The summed E-state index contributed by atoms with van der Waals surface area (Å²) in [6.45, 7) is 5.88. The Hall–Kier alpha value is -1.15. The normalized spacial score (nSPS) is 14.8. The number of nitrogens with zero attached hydrogens (tertiary/aromatic N) is 1. The van der Waals surface area contributed by atoms with Gasteiger partial charge in [0, 0.05) is 19.0 Å². The van der Waals surface area contributed by atoms with Crippen LogP contribution in [0.1, 0.15) is 26.7 Å². The Morgan fingerprint density at radius 2 is 1.62 bits per heavy atom. The Bertz CT molecular complexity index is 189. The summed E-state index contributed by atoms with van der Waals surface area (Å²) in [5.74, 6) is 0.496. The Morgan fingerprint density at radius 3 is 1.92 bits per heavy atom. The van der Waals surface area contributed by atoms with Crippen molar-refractivity contribution in [3.8, 4) is 0 Å². The summed E-state index contributed by atoms with van der Waals surface area (Å²) in [4.78, 5) is 29.5. The van der Waals surface area contributed by atoms with Gasteiger partial charge in [-0.2, -0.15) is 9.59 Å². The first kappa shape index (κ1) is 11.8.